The fourth-order valence-corrected chi connectivity index (χ4v) is 2.84. The molecule has 1 aromatic heterocycles. The van der Waals surface area contributed by atoms with E-state index in [0.29, 0.717) is 12.0 Å². The molecule has 1 aromatic carbocycles. The van der Waals surface area contributed by atoms with Gasteiger partial charge in [0.15, 0.2) is 0 Å². The van der Waals surface area contributed by atoms with Gasteiger partial charge >= 0.3 is 7.12 Å². The van der Waals surface area contributed by atoms with Crippen molar-refractivity contribution >= 4 is 18.9 Å². The number of amides is 2. The van der Waals surface area contributed by atoms with E-state index in [4.69, 9.17) is 0 Å². The minimum absolute atomic E-state index is 0.157. The summed E-state index contributed by atoms with van der Waals surface area (Å²) < 4.78 is 0. The van der Waals surface area contributed by atoms with Crippen LogP contribution in [-0.2, 0) is 11.2 Å². The van der Waals surface area contributed by atoms with Crippen LogP contribution < -0.4 is 10.6 Å². The molecular formula is C20H26BN3O4. The Morgan fingerprint density at radius 1 is 1.07 bits per heavy atom. The number of nitrogens with one attached hydrogen (secondary N) is 2. The second kappa shape index (κ2) is 10.6. The lowest BCUT2D eigenvalue weighted by Crippen LogP contribution is -2.55. The van der Waals surface area contributed by atoms with Crippen molar-refractivity contribution in [2.45, 2.75) is 38.7 Å². The Hall–Kier alpha value is -2.71. The average molecular weight is 383 g/mol. The summed E-state index contributed by atoms with van der Waals surface area (Å²) in [5.41, 5.74) is 1.22. The zero-order chi connectivity index (χ0) is 20.5. The first-order valence-corrected chi connectivity index (χ1v) is 9.28. The molecule has 7 nitrogen and oxygen atoms in total. The number of carbonyl (C=O) groups excluding carboxylic acids is 2. The van der Waals surface area contributed by atoms with E-state index in [2.05, 4.69) is 15.6 Å². The molecule has 2 aromatic rings. The van der Waals surface area contributed by atoms with Crippen LogP contribution in [0.2, 0.25) is 0 Å². The SMILES string of the molecule is CC(C)C[C@H](NC(=O)[C@H](Cc1ccccc1)NC(=O)c1cccnc1)B(O)O. The van der Waals surface area contributed by atoms with Gasteiger partial charge in [-0.2, -0.15) is 0 Å². The van der Waals surface area contributed by atoms with Gasteiger partial charge in [-0.15, -0.1) is 0 Å². The second-order valence-electron chi connectivity index (χ2n) is 7.12. The van der Waals surface area contributed by atoms with E-state index in [1.807, 2.05) is 44.2 Å². The summed E-state index contributed by atoms with van der Waals surface area (Å²) >= 11 is 0. The highest BCUT2D eigenvalue weighted by molar-refractivity contribution is 6.43. The van der Waals surface area contributed by atoms with Crippen LogP contribution >= 0.6 is 0 Å². The van der Waals surface area contributed by atoms with Crippen molar-refractivity contribution in [3.8, 4) is 0 Å². The largest absolute Gasteiger partial charge is 0.475 e. The molecule has 28 heavy (non-hydrogen) atoms. The van der Waals surface area contributed by atoms with Crippen molar-refractivity contribution in [3.05, 3.63) is 66.0 Å². The highest BCUT2D eigenvalue weighted by atomic mass is 16.4. The Bertz CT molecular complexity index is 757. The van der Waals surface area contributed by atoms with Gasteiger partial charge in [-0.3, -0.25) is 14.6 Å². The van der Waals surface area contributed by atoms with E-state index in [-0.39, 0.29) is 12.3 Å². The molecule has 0 unspecified atom stereocenters. The lowest BCUT2D eigenvalue weighted by atomic mass is 9.75. The molecule has 148 valence electrons. The van der Waals surface area contributed by atoms with Crippen LogP contribution in [0.25, 0.3) is 0 Å². The molecule has 0 saturated heterocycles. The van der Waals surface area contributed by atoms with Gasteiger partial charge < -0.3 is 20.7 Å². The van der Waals surface area contributed by atoms with Crippen molar-refractivity contribution < 1.29 is 19.6 Å². The molecule has 0 aliphatic heterocycles. The highest BCUT2D eigenvalue weighted by Crippen LogP contribution is 2.09. The Balaban J connectivity index is 2.16. The van der Waals surface area contributed by atoms with Crippen LogP contribution in [0.1, 0.15) is 36.2 Å². The maximum Gasteiger partial charge on any atom is 0.475 e. The second-order valence-corrected chi connectivity index (χ2v) is 7.12. The number of aromatic nitrogens is 1. The van der Waals surface area contributed by atoms with Gasteiger partial charge in [0.25, 0.3) is 5.91 Å². The number of hydrogen-bond donors (Lipinski definition) is 4. The maximum atomic E-state index is 12.8. The van der Waals surface area contributed by atoms with E-state index in [1.165, 1.54) is 6.20 Å². The molecule has 2 atom stereocenters. The zero-order valence-electron chi connectivity index (χ0n) is 16.1. The number of rotatable bonds is 9. The number of carbonyl (C=O) groups is 2. The van der Waals surface area contributed by atoms with Gasteiger partial charge in [0.1, 0.15) is 6.04 Å². The van der Waals surface area contributed by atoms with Crippen molar-refractivity contribution in [2.24, 2.45) is 5.92 Å². The van der Waals surface area contributed by atoms with Crippen molar-refractivity contribution in [2.75, 3.05) is 0 Å². The summed E-state index contributed by atoms with van der Waals surface area (Å²) in [4.78, 5) is 29.3. The summed E-state index contributed by atoms with van der Waals surface area (Å²) in [6.07, 6.45) is 3.66. The van der Waals surface area contributed by atoms with E-state index in [1.54, 1.807) is 18.3 Å². The minimum Gasteiger partial charge on any atom is -0.426 e. The molecule has 0 aliphatic rings. The monoisotopic (exact) mass is 383 g/mol. The van der Waals surface area contributed by atoms with Gasteiger partial charge in [0.05, 0.1) is 11.5 Å². The van der Waals surface area contributed by atoms with Gasteiger partial charge in [0, 0.05) is 18.8 Å². The van der Waals surface area contributed by atoms with Gasteiger partial charge in [0.2, 0.25) is 5.91 Å². The smallest absolute Gasteiger partial charge is 0.426 e. The van der Waals surface area contributed by atoms with Crippen molar-refractivity contribution in [1.29, 1.82) is 0 Å². The lowest BCUT2D eigenvalue weighted by molar-refractivity contribution is -0.123. The summed E-state index contributed by atoms with van der Waals surface area (Å²) in [5.74, 6) is -1.56. The Morgan fingerprint density at radius 2 is 1.79 bits per heavy atom. The summed E-state index contributed by atoms with van der Waals surface area (Å²) in [6, 6.07) is 11.7. The molecule has 0 bridgehead atoms. The topological polar surface area (TPSA) is 112 Å². The highest BCUT2D eigenvalue weighted by Gasteiger charge is 2.30. The first-order valence-electron chi connectivity index (χ1n) is 9.28. The molecule has 2 rings (SSSR count). The Labute approximate surface area is 165 Å². The minimum atomic E-state index is -1.68. The standard InChI is InChI=1S/C20H26BN3O4/c1-14(2)11-18(21(27)28)24-20(26)17(12-15-7-4-3-5-8-15)23-19(25)16-9-6-10-22-13-16/h3-10,13-14,17-18,27-28H,11-12H2,1-2H3,(H,23,25)(H,24,26)/t17-,18-/m0/s1. The Morgan fingerprint density at radius 3 is 2.36 bits per heavy atom. The molecule has 0 fully saturated rings. The predicted octanol–water partition coefficient (Wildman–Crippen LogP) is 0.966. The first-order chi connectivity index (χ1) is 13.4. The molecule has 0 saturated carbocycles. The van der Waals surface area contributed by atoms with Crippen LogP contribution in [-0.4, -0.2) is 45.9 Å². The van der Waals surface area contributed by atoms with E-state index < -0.39 is 30.9 Å². The van der Waals surface area contributed by atoms with Crippen LogP contribution in [0.15, 0.2) is 54.9 Å². The fourth-order valence-electron chi connectivity index (χ4n) is 2.84. The van der Waals surface area contributed by atoms with Gasteiger partial charge in [-0.25, -0.2) is 0 Å². The fraction of sp³-hybridized carbons (Fsp3) is 0.350. The summed E-state index contributed by atoms with van der Waals surface area (Å²) in [6.45, 7) is 3.85. The van der Waals surface area contributed by atoms with Gasteiger partial charge in [-0.1, -0.05) is 44.2 Å². The normalized spacial score (nSPS) is 12.9. The maximum absolute atomic E-state index is 12.8. The molecule has 1 heterocycles. The first kappa shape index (κ1) is 21.6. The molecular weight excluding hydrogens is 357 g/mol. The van der Waals surface area contributed by atoms with Crippen LogP contribution in [0.4, 0.5) is 0 Å². The zero-order valence-corrected chi connectivity index (χ0v) is 16.1. The molecule has 0 spiro atoms. The predicted molar refractivity (Wildman–Crippen MR) is 107 cm³/mol. The average Bonchev–Trinajstić information content (AvgIpc) is 2.68. The Kier molecular flexibility index (Phi) is 8.16. The van der Waals surface area contributed by atoms with E-state index in [9.17, 15) is 19.6 Å². The number of benzene rings is 1. The molecule has 0 radical (unpaired) electrons. The number of pyridine rings is 1. The quantitative estimate of drug-likeness (QED) is 0.482. The molecule has 8 heteroatoms. The van der Waals surface area contributed by atoms with Gasteiger partial charge in [-0.05, 0) is 30.0 Å². The summed E-state index contributed by atoms with van der Waals surface area (Å²) in [5, 5.41) is 24.6. The number of hydrogen-bond acceptors (Lipinski definition) is 5. The summed E-state index contributed by atoms with van der Waals surface area (Å²) in [7, 11) is -1.68. The van der Waals surface area contributed by atoms with Crippen LogP contribution in [0, 0.1) is 5.92 Å². The molecule has 0 aliphatic carbocycles. The third kappa shape index (κ3) is 6.79. The third-order valence-corrected chi connectivity index (χ3v) is 4.24. The van der Waals surface area contributed by atoms with Crippen molar-refractivity contribution in [3.63, 3.8) is 0 Å². The molecule has 4 N–H and O–H groups in total. The molecule has 2 amide bonds. The van der Waals surface area contributed by atoms with E-state index >= 15 is 0 Å². The number of nitrogens with zero attached hydrogens (tertiary/aromatic N) is 1. The third-order valence-electron chi connectivity index (χ3n) is 4.24. The lowest BCUT2D eigenvalue weighted by Gasteiger charge is -2.24. The van der Waals surface area contributed by atoms with Crippen LogP contribution in [0.3, 0.4) is 0 Å². The van der Waals surface area contributed by atoms with Crippen molar-refractivity contribution in [1.82, 2.24) is 15.6 Å². The van der Waals surface area contributed by atoms with E-state index in [0.717, 1.165) is 5.56 Å². The van der Waals surface area contributed by atoms with Crippen LogP contribution in [0.5, 0.6) is 0 Å².